The summed E-state index contributed by atoms with van der Waals surface area (Å²) in [5, 5.41) is 20.7. The van der Waals surface area contributed by atoms with Gasteiger partial charge < -0.3 is 4.74 Å². The third-order valence-corrected chi connectivity index (χ3v) is 7.05. The number of aryl methyl sites for hydroxylation is 2. The maximum absolute atomic E-state index is 14.3. The minimum atomic E-state index is -0.463. The molecule has 1 atom stereocenters. The molecule has 36 heavy (non-hydrogen) atoms. The predicted molar refractivity (Wildman–Crippen MR) is 139 cm³/mol. The first kappa shape index (κ1) is 23.6. The van der Waals surface area contributed by atoms with Gasteiger partial charge in [0.25, 0.3) is 5.69 Å². The first-order valence-electron chi connectivity index (χ1n) is 11.3. The van der Waals surface area contributed by atoms with Gasteiger partial charge in [-0.1, -0.05) is 29.8 Å². The lowest BCUT2D eigenvalue weighted by atomic mass is 9.95. The monoisotopic (exact) mass is 502 g/mol. The summed E-state index contributed by atoms with van der Waals surface area (Å²) in [4.78, 5) is 15.8. The molecule has 1 aliphatic rings. The highest BCUT2D eigenvalue weighted by molar-refractivity contribution is 7.14. The largest absolute Gasteiger partial charge is 0.494 e. The maximum atomic E-state index is 14.3. The number of ether oxygens (including phenoxy) is 1. The molecule has 3 aromatic carbocycles. The SMILES string of the molecule is COc1ccc(-c2csc(N3N=C(c4cc(C)ccc4C)CC3c3cccc([N+](=O)[O-])c3)n2)cc1F. The molecular formula is C27H23FN4O3S. The van der Waals surface area contributed by atoms with Crippen LogP contribution in [0.1, 0.15) is 34.7 Å². The zero-order valence-electron chi connectivity index (χ0n) is 19.9. The number of methoxy groups -OCH3 is 1. The second-order valence-electron chi connectivity index (χ2n) is 8.65. The molecule has 5 rings (SSSR count). The number of thiazole rings is 1. The quantitative estimate of drug-likeness (QED) is 0.213. The van der Waals surface area contributed by atoms with Crippen molar-refractivity contribution < 1.29 is 14.1 Å². The van der Waals surface area contributed by atoms with Gasteiger partial charge in [0.15, 0.2) is 11.6 Å². The Morgan fingerprint density at radius 2 is 1.97 bits per heavy atom. The zero-order valence-corrected chi connectivity index (χ0v) is 20.8. The Labute approximate surface area is 211 Å². The van der Waals surface area contributed by atoms with Crippen molar-refractivity contribution in [2.24, 2.45) is 5.10 Å². The van der Waals surface area contributed by atoms with Crippen LogP contribution in [0.4, 0.5) is 15.2 Å². The highest BCUT2D eigenvalue weighted by Gasteiger charge is 2.33. The van der Waals surface area contributed by atoms with Gasteiger partial charge in [-0.05, 0) is 49.2 Å². The Bertz CT molecular complexity index is 1500. The summed E-state index contributed by atoms with van der Waals surface area (Å²) in [6.07, 6.45) is 0.567. The van der Waals surface area contributed by atoms with Crippen LogP contribution in [0.25, 0.3) is 11.3 Å². The minimum absolute atomic E-state index is 0.0289. The minimum Gasteiger partial charge on any atom is -0.494 e. The Balaban J connectivity index is 1.57. The van der Waals surface area contributed by atoms with Crippen molar-refractivity contribution in [2.75, 3.05) is 12.1 Å². The van der Waals surface area contributed by atoms with Crippen LogP contribution in [0.2, 0.25) is 0 Å². The average Bonchev–Trinajstić information content (AvgIpc) is 3.53. The van der Waals surface area contributed by atoms with Crippen LogP contribution in [0.3, 0.4) is 0 Å². The Kier molecular flexibility index (Phi) is 6.24. The average molecular weight is 503 g/mol. The molecule has 0 fully saturated rings. The van der Waals surface area contributed by atoms with E-state index in [9.17, 15) is 14.5 Å². The maximum Gasteiger partial charge on any atom is 0.269 e. The summed E-state index contributed by atoms with van der Waals surface area (Å²) in [6, 6.07) is 17.3. The first-order chi connectivity index (χ1) is 17.3. The molecule has 182 valence electrons. The molecule has 0 saturated heterocycles. The van der Waals surface area contributed by atoms with Crippen LogP contribution in [0.5, 0.6) is 5.75 Å². The lowest BCUT2D eigenvalue weighted by molar-refractivity contribution is -0.384. The molecule has 0 radical (unpaired) electrons. The van der Waals surface area contributed by atoms with Crippen LogP contribution in [-0.2, 0) is 0 Å². The molecule has 4 aromatic rings. The van der Waals surface area contributed by atoms with Gasteiger partial charge in [-0.25, -0.2) is 14.4 Å². The molecule has 1 aliphatic heterocycles. The van der Waals surface area contributed by atoms with E-state index in [4.69, 9.17) is 14.8 Å². The molecule has 1 aromatic heterocycles. The molecule has 0 amide bonds. The highest BCUT2D eigenvalue weighted by atomic mass is 32.1. The van der Waals surface area contributed by atoms with Crippen molar-refractivity contribution in [2.45, 2.75) is 26.3 Å². The van der Waals surface area contributed by atoms with E-state index in [1.807, 2.05) is 30.3 Å². The van der Waals surface area contributed by atoms with Crippen molar-refractivity contribution >= 4 is 27.9 Å². The fraction of sp³-hybridized carbons (Fsp3) is 0.185. The van der Waals surface area contributed by atoms with Crippen LogP contribution in [0.15, 0.2) is 71.1 Å². The molecular weight excluding hydrogens is 479 g/mol. The standard InChI is InChI=1S/C27H23FN4O3S/c1-16-7-8-17(2)21(11-16)23-14-25(19-5-4-6-20(12-19)32(33)34)31(30-23)27-29-24(15-36-27)18-9-10-26(35-3)22(28)13-18/h4-13,15,25H,14H2,1-3H3. The van der Waals surface area contributed by atoms with Gasteiger partial charge in [-0.2, -0.15) is 5.10 Å². The van der Waals surface area contributed by atoms with Crippen LogP contribution in [-0.4, -0.2) is 22.7 Å². The molecule has 0 N–H and O–H groups in total. The van der Waals surface area contributed by atoms with E-state index < -0.39 is 10.7 Å². The third-order valence-electron chi connectivity index (χ3n) is 6.22. The number of rotatable bonds is 6. The lowest BCUT2D eigenvalue weighted by Crippen LogP contribution is -2.18. The predicted octanol–water partition coefficient (Wildman–Crippen LogP) is 6.84. The van der Waals surface area contributed by atoms with Gasteiger partial charge in [0.1, 0.15) is 0 Å². The number of benzene rings is 3. The molecule has 0 saturated carbocycles. The van der Waals surface area contributed by atoms with Gasteiger partial charge in [-0.15, -0.1) is 11.3 Å². The summed E-state index contributed by atoms with van der Waals surface area (Å²) in [5.41, 5.74) is 6.21. The topological polar surface area (TPSA) is 80.9 Å². The van der Waals surface area contributed by atoms with Gasteiger partial charge in [0.05, 0.1) is 29.5 Å². The summed E-state index contributed by atoms with van der Waals surface area (Å²) < 4.78 is 19.3. The van der Waals surface area contributed by atoms with E-state index >= 15 is 0 Å². The van der Waals surface area contributed by atoms with E-state index in [-0.39, 0.29) is 17.5 Å². The number of aromatic nitrogens is 1. The molecule has 2 heterocycles. The Morgan fingerprint density at radius 1 is 1.14 bits per heavy atom. The molecule has 1 unspecified atom stereocenters. The van der Waals surface area contributed by atoms with E-state index in [0.29, 0.717) is 22.8 Å². The summed E-state index contributed by atoms with van der Waals surface area (Å²) >= 11 is 1.39. The number of hydrogen-bond donors (Lipinski definition) is 0. The Morgan fingerprint density at radius 3 is 2.72 bits per heavy atom. The Hall–Kier alpha value is -4.11. The first-order valence-corrected chi connectivity index (χ1v) is 12.2. The van der Waals surface area contributed by atoms with E-state index in [2.05, 4.69) is 18.2 Å². The van der Waals surface area contributed by atoms with E-state index in [1.54, 1.807) is 24.3 Å². The number of hydrazone groups is 1. The summed E-state index contributed by atoms with van der Waals surface area (Å²) in [5.74, 6) is -0.294. The normalized spacial score (nSPS) is 15.2. The highest BCUT2D eigenvalue weighted by Crippen LogP contribution is 2.40. The van der Waals surface area contributed by atoms with Gasteiger partial charge in [-0.3, -0.25) is 10.1 Å². The molecule has 0 bridgehead atoms. The lowest BCUT2D eigenvalue weighted by Gasteiger charge is -2.21. The van der Waals surface area contributed by atoms with Crippen LogP contribution < -0.4 is 9.75 Å². The molecule has 0 aliphatic carbocycles. The van der Waals surface area contributed by atoms with Gasteiger partial charge in [0.2, 0.25) is 5.13 Å². The van der Waals surface area contributed by atoms with Crippen molar-refractivity contribution in [1.29, 1.82) is 0 Å². The fourth-order valence-corrected chi connectivity index (χ4v) is 5.16. The van der Waals surface area contributed by atoms with Crippen molar-refractivity contribution in [3.63, 3.8) is 0 Å². The summed E-state index contributed by atoms with van der Waals surface area (Å²) in [7, 11) is 1.42. The molecule has 9 heteroatoms. The number of halogens is 1. The zero-order chi connectivity index (χ0) is 25.4. The number of nitro groups is 1. The molecule has 7 nitrogen and oxygen atoms in total. The number of nitrogens with zero attached hydrogens (tertiary/aromatic N) is 4. The van der Waals surface area contributed by atoms with Crippen LogP contribution in [0, 0.1) is 29.8 Å². The number of hydrogen-bond acceptors (Lipinski definition) is 7. The van der Waals surface area contributed by atoms with E-state index in [1.165, 1.54) is 30.6 Å². The van der Waals surface area contributed by atoms with Crippen LogP contribution >= 0.6 is 11.3 Å². The fourth-order valence-electron chi connectivity index (χ4n) is 4.33. The number of anilines is 1. The number of non-ortho nitro benzene ring substituents is 1. The van der Waals surface area contributed by atoms with Gasteiger partial charge >= 0.3 is 0 Å². The smallest absolute Gasteiger partial charge is 0.269 e. The number of nitro benzene ring substituents is 1. The van der Waals surface area contributed by atoms with Gasteiger partial charge in [0, 0.05) is 35.1 Å². The third kappa shape index (κ3) is 4.45. The molecule has 0 spiro atoms. The van der Waals surface area contributed by atoms with Crippen molar-refractivity contribution in [3.05, 3.63) is 104 Å². The van der Waals surface area contributed by atoms with Crippen molar-refractivity contribution in [1.82, 2.24) is 4.98 Å². The second-order valence-corrected chi connectivity index (χ2v) is 9.48. The van der Waals surface area contributed by atoms with Crippen molar-refractivity contribution in [3.8, 4) is 17.0 Å². The summed E-state index contributed by atoms with van der Waals surface area (Å²) in [6.45, 7) is 4.08. The second kappa shape index (κ2) is 9.50. The van der Waals surface area contributed by atoms with E-state index in [0.717, 1.165) is 28.0 Å².